The first-order valence-electron chi connectivity index (χ1n) is 6.39. The largest absolute Gasteiger partial charge is 0.369 e. The molecule has 0 saturated carbocycles. The lowest BCUT2D eigenvalue weighted by Crippen LogP contribution is -2.36. The molecule has 0 saturated heterocycles. The lowest BCUT2D eigenvalue weighted by Gasteiger charge is -2.23. The van der Waals surface area contributed by atoms with Gasteiger partial charge in [-0.2, -0.15) is 0 Å². The molecule has 2 rings (SSSR count). The minimum absolute atomic E-state index is 0.325. The first kappa shape index (κ1) is 11.5. The molecule has 1 atom stereocenters. The number of fused-ring (bicyclic) bond motifs is 1. The third-order valence-electron chi connectivity index (χ3n) is 3.37. The second kappa shape index (κ2) is 5.35. The summed E-state index contributed by atoms with van der Waals surface area (Å²) in [6.45, 7) is 4.37. The van der Waals surface area contributed by atoms with Gasteiger partial charge in [-0.3, -0.25) is 0 Å². The molecule has 16 heavy (non-hydrogen) atoms. The summed E-state index contributed by atoms with van der Waals surface area (Å²) in [5.41, 5.74) is 9.03. The van der Waals surface area contributed by atoms with E-state index in [0.29, 0.717) is 6.04 Å². The van der Waals surface area contributed by atoms with Crippen molar-refractivity contribution < 1.29 is 0 Å². The summed E-state index contributed by atoms with van der Waals surface area (Å²) in [6.07, 6.45) is 4.81. The molecule has 1 aliphatic rings. The van der Waals surface area contributed by atoms with Crippen LogP contribution in [0.1, 0.15) is 31.7 Å². The molecule has 0 bridgehead atoms. The lowest BCUT2D eigenvalue weighted by molar-refractivity contribution is 0.566. The van der Waals surface area contributed by atoms with Crippen molar-refractivity contribution in [1.82, 2.24) is 0 Å². The van der Waals surface area contributed by atoms with Crippen LogP contribution in [-0.2, 0) is 6.42 Å². The summed E-state index contributed by atoms with van der Waals surface area (Å²) in [7, 11) is 0. The highest BCUT2D eigenvalue weighted by atomic mass is 15.2. The Bertz CT molecular complexity index is 335. The topological polar surface area (TPSA) is 29.3 Å². The summed E-state index contributed by atoms with van der Waals surface area (Å²) >= 11 is 0. The standard InChI is InChI=1S/C14H22N2/c1-2-3-7-13(15)11-16-10-9-12-6-4-5-8-14(12)16/h4-6,8,13H,2-3,7,9-11,15H2,1H3. The predicted octanol–water partition coefficient (Wildman–Crippen LogP) is 2.57. The third kappa shape index (κ3) is 2.56. The number of anilines is 1. The van der Waals surface area contributed by atoms with Crippen LogP contribution in [0.25, 0.3) is 0 Å². The molecule has 1 heterocycles. The highest BCUT2D eigenvalue weighted by Gasteiger charge is 2.19. The van der Waals surface area contributed by atoms with Crippen LogP contribution in [0.4, 0.5) is 5.69 Å². The van der Waals surface area contributed by atoms with Gasteiger partial charge in [0.25, 0.3) is 0 Å². The first-order valence-corrected chi connectivity index (χ1v) is 6.39. The van der Waals surface area contributed by atoms with E-state index in [4.69, 9.17) is 5.73 Å². The Morgan fingerprint density at radius 2 is 2.19 bits per heavy atom. The van der Waals surface area contributed by atoms with Crippen LogP contribution in [0, 0.1) is 0 Å². The first-order chi connectivity index (χ1) is 7.81. The summed E-state index contributed by atoms with van der Waals surface area (Å²) in [4.78, 5) is 2.44. The van der Waals surface area contributed by atoms with Gasteiger partial charge in [-0.05, 0) is 24.5 Å². The number of hydrogen-bond acceptors (Lipinski definition) is 2. The molecule has 1 unspecified atom stereocenters. The summed E-state index contributed by atoms with van der Waals surface area (Å²) in [6, 6.07) is 9.02. The van der Waals surface area contributed by atoms with Crippen LogP contribution in [0.5, 0.6) is 0 Å². The number of nitrogens with two attached hydrogens (primary N) is 1. The Morgan fingerprint density at radius 3 is 3.00 bits per heavy atom. The van der Waals surface area contributed by atoms with E-state index in [-0.39, 0.29) is 0 Å². The van der Waals surface area contributed by atoms with Crippen molar-refractivity contribution in [3.63, 3.8) is 0 Å². The van der Waals surface area contributed by atoms with Crippen molar-refractivity contribution in [3.8, 4) is 0 Å². The Labute approximate surface area is 98.4 Å². The quantitative estimate of drug-likeness (QED) is 0.823. The van der Waals surface area contributed by atoms with E-state index in [1.165, 1.54) is 30.5 Å². The molecular formula is C14H22N2. The third-order valence-corrected chi connectivity index (χ3v) is 3.37. The fraction of sp³-hybridized carbons (Fsp3) is 0.571. The van der Waals surface area contributed by atoms with Crippen LogP contribution in [0.2, 0.25) is 0 Å². The fourth-order valence-electron chi connectivity index (χ4n) is 2.44. The van der Waals surface area contributed by atoms with Gasteiger partial charge in [0.2, 0.25) is 0 Å². The molecule has 88 valence electrons. The second-order valence-electron chi connectivity index (χ2n) is 4.73. The zero-order valence-electron chi connectivity index (χ0n) is 10.2. The van der Waals surface area contributed by atoms with Crippen LogP contribution in [-0.4, -0.2) is 19.1 Å². The maximum atomic E-state index is 6.16. The molecule has 0 fully saturated rings. The van der Waals surface area contributed by atoms with Gasteiger partial charge in [-0.25, -0.2) is 0 Å². The molecule has 2 nitrogen and oxygen atoms in total. The fourth-order valence-corrected chi connectivity index (χ4v) is 2.44. The van der Waals surface area contributed by atoms with Gasteiger partial charge >= 0.3 is 0 Å². The number of para-hydroxylation sites is 1. The average Bonchev–Trinajstić information content (AvgIpc) is 2.70. The van der Waals surface area contributed by atoms with Gasteiger partial charge in [0.05, 0.1) is 0 Å². The molecule has 1 aromatic carbocycles. The lowest BCUT2D eigenvalue weighted by atomic mass is 10.1. The Morgan fingerprint density at radius 1 is 1.38 bits per heavy atom. The molecule has 0 spiro atoms. The summed E-state index contributed by atoms with van der Waals surface area (Å²) < 4.78 is 0. The number of nitrogens with zero attached hydrogens (tertiary/aromatic N) is 1. The Balaban J connectivity index is 1.92. The van der Waals surface area contributed by atoms with Crippen LogP contribution in [0.15, 0.2) is 24.3 Å². The van der Waals surface area contributed by atoms with Gasteiger partial charge in [0, 0.05) is 24.8 Å². The van der Waals surface area contributed by atoms with E-state index < -0.39 is 0 Å². The molecule has 0 aliphatic carbocycles. The van der Waals surface area contributed by atoms with Gasteiger partial charge < -0.3 is 10.6 Å². The smallest absolute Gasteiger partial charge is 0.0400 e. The molecule has 1 aromatic rings. The number of unbranched alkanes of at least 4 members (excludes halogenated alkanes) is 1. The van der Waals surface area contributed by atoms with Gasteiger partial charge in [0.15, 0.2) is 0 Å². The number of benzene rings is 1. The molecular weight excluding hydrogens is 196 g/mol. The van der Waals surface area contributed by atoms with Gasteiger partial charge in [-0.1, -0.05) is 38.0 Å². The van der Waals surface area contributed by atoms with Crippen molar-refractivity contribution in [3.05, 3.63) is 29.8 Å². The second-order valence-corrected chi connectivity index (χ2v) is 4.73. The minimum Gasteiger partial charge on any atom is -0.369 e. The summed E-state index contributed by atoms with van der Waals surface area (Å²) in [5.74, 6) is 0. The number of hydrogen-bond donors (Lipinski definition) is 1. The zero-order valence-corrected chi connectivity index (χ0v) is 10.2. The van der Waals surface area contributed by atoms with E-state index >= 15 is 0 Å². The van der Waals surface area contributed by atoms with Crippen molar-refractivity contribution in [2.45, 2.75) is 38.6 Å². The van der Waals surface area contributed by atoms with Crippen molar-refractivity contribution >= 4 is 5.69 Å². The van der Waals surface area contributed by atoms with E-state index in [0.717, 1.165) is 19.5 Å². The van der Waals surface area contributed by atoms with E-state index in [1.807, 2.05) is 0 Å². The van der Waals surface area contributed by atoms with Crippen molar-refractivity contribution in [1.29, 1.82) is 0 Å². The van der Waals surface area contributed by atoms with Gasteiger partial charge in [-0.15, -0.1) is 0 Å². The number of rotatable bonds is 5. The highest BCUT2D eigenvalue weighted by Crippen LogP contribution is 2.27. The van der Waals surface area contributed by atoms with E-state index in [9.17, 15) is 0 Å². The average molecular weight is 218 g/mol. The Kier molecular flexibility index (Phi) is 3.83. The summed E-state index contributed by atoms with van der Waals surface area (Å²) in [5, 5.41) is 0. The molecule has 0 amide bonds. The van der Waals surface area contributed by atoms with Crippen LogP contribution < -0.4 is 10.6 Å². The SMILES string of the molecule is CCCCC(N)CN1CCc2ccccc21. The normalized spacial score (nSPS) is 16.2. The van der Waals surface area contributed by atoms with Crippen LogP contribution in [0.3, 0.4) is 0 Å². The van der Waals surface area contributed by atoms with Crippen molar-refractivity contribution in [2.75, 3.05) is 18.0 Å². The highest BCUT2D eigenvalue weighted by molar-refractivity contribution is 5.57. The van der Waals surface area contributed by atoms with Gasteiger partial charge in [0.1, 0.15) is 0 Å². The molecule has 1 aliphatic heterocycles. The van der Waals surface area contributed by atoms with E-state index in [2.05, 4.69) is 36.1 Å². The van der Waals surface area contributed by atoms with Crippen LogP contribution >= 0.6 is 0 Å². The molecule has 2 N–H and O–H groups in total. The predicted molar refractivity (Wildman–Crippen MR) is 69.9 cm³/mol. The maximum absolute atomic E-state index is 6.16. The molecule has 2 heteroatoms. The monoisotopic (exact) mass is 218 g/mol. The van der Waals surface area contributed by atoms with E-state index in [1.54, 1.807) is 0 Å². The zero-order chi connectivity index (χ0) is 11.4. The van der Waals surface area contributed by atoms with Crippen molar-refractivity contribution in [2.24, 2.45) is 5.73 Å². The molecule has 0 radical (unpaired) electrons. The molecule has 0 aromatic heterocycles. The minimum atomic E-state index is 0.325. The maximum Gasteiger partial charge on any atom is 0.0400 e. The Hall–Kier alpha value is -1.02.